The molecule has 3 aliphatic rings. The Balaban J connectivity index is 1.39. The van der Waals surface area contributed by atoms with Crippen LogP contribution >= 0.6 is 0 Å². The van der Waals surface area contributed by atoms with Gasteiger partial charge in [-0.25, -0.2) is 4.39 Å². The van der Waals surface area contributed by atoms with Crippen molar-refractivity contribution in [1.29, 1.82) is 0 Å². The van der Waals surface area contributed by atoms with Gasteiger partial charge in [0.25, 0.3) is 11.8 Å². The van der Waals surface area contributed by atoms with Crippen LogP contribution in [0.2, 0.25) is 0 Å². The van der Waals surface area contributed by atoms with Crippen LogP contribution in [-0.4, -0.2) is 52.2 Å². The van der Waals surface area contributed by atoms with Crippen molar-refractivity contribution in [3.63, 3.8) is 0 Å². The number of nitrogens with one attached hydrogen (secondary N) is 1. The first-order valence-electron chi connectivity index (χ1n) is 10.9. The summed E-state index contributed by atoms with van der Waals surface area (Å²) in [6.45, 7) is 2.64. The van der Waals surface area contributed by atoms with Gasteiger partial charge in [-0.05, 0) is 31.9 Å². The molecule has 3 heterocycles. The molecule has 2 aliphatic heterocycles. The summed E-state index contributed by atoms with van der Waals surface area (Å²) in [6, 6.07) is 1.99. The number of rotatable bonds is 5. The second kappa shape index (κ2) is 8.12. The molecule has 2 aromatic rings. The number of ether oxygens (including phenoxy) is 1. The number of nitrogens with zero attached hydrogens (tertiary/aromatic N) is 3. The molecule has 0 spiro atoms. The Morgan fingerprint density at radius 1 is 1.24 bits per heavy atom. The molecule has 2 fully saturated rings. The highest BCUT2D eigenvalue weighted by atomic mass is 19.3. The minimum atomic E-state index is -2.95. The number of amides is 2. The van der Waals surface area contributed by atoms with Crippen LogP contribution in [0.5, 0.6) is 0 Å². The highest BCUT2D eigenvalue weighted by Crippen LogP contribution is 2.36. The van der Waals surface area contributed by atoms with Gasteiger partial charge in [0, 0.05) is 22.7 Å². The molecule has 0 radical (unpaired) electrons. The summed E-state index contributed by atoms with van der Waals surface area (Å²) in [5.41, 5.74) is -0.140. The fourth-order valence-corrected chi connectivity index (χ4v) is 4.75. The molecule has 0 unspecified atom stereocenters. The Morgan fingerprint density at radius 3 is 2.67 bits per heavy atom. The van der Waals surface area contributed by atoms with Crippen molar-refractivity contribution in [3.8, 4) is 11.5 Å². The Labute approximate surface area is 187 Å². The molecule has 8 nitrogen and oxygen atoms in total. The molecule has 11 heteroatoms. The summed E-state index contributed by atoms with van der Waals surface area (Å²) in [6.07, 6.45) is 0.276. The van der Waals surface area contributed by atoms with Gasteiger partial charge < -0.3 is 19.4 Å². The van der Waals surface area contributed by atoms with E-state index in [9.17, 15) is 22.8 Å². The predicted octanol–water partition coefficient (Wildman–Crippen LogP) is 3.23. The molecule has 1 saturated carbocycles. The van der Waals surface area contributed by atoms with Crippen molar-refractivity contribution < 1.29 is 31.9 Å². The molecule has 1 aromatic heterocycles. The van der Waals surface area contributed by atoms with Gasteiger partial charge in [0.05, 0.1) is 31.2 Å². The molecular weight excluding hydrogens is 441 g/mol. The average molecular weight is 464 g/mol. The van der Waals surface area contributed by atoms with Crippen LogP contribution in [0.15, 0.2) is 16.5 Å². The lowest BCUT2D eigenvalue weighted by molar-refractivity contribution is -0.159. The maximum Gasteiger partial charge on any atom is 0.314 e. The van der Waals surface area contributed by atoms with Gasteiger partial charge in [-0.2, -0.15) is 8.78 Å². The van der Waals surface area contributed by atoms with E-state index in [4.69, 9.17) is 9.15 Å². The molecule has 176 valence electrons. The number of hydrogen-bond donors (Lipinski definition) is 1. The van der Waals surface area contributed by atoms with E-state index >= 15 is 0 Å². The van der Waals surface area contributed by atoms with E-state index < -0.39 is 23.5 Å². The molecular formula is C22H23F3N4O4. The van der Waals surface area contributed by atoms with Crippen LogP contribution in [0, 0.1) is 11.2 Å². The van der Waals surface area contributed by atoms with E-state index in [0.29, 0.717) is 19.6 Å². The third-order valence-corrected chi connectivity index (χ3v) is 6.73. The summed E-state index contributed by atoms with van der Waals surface area (Å²) in [4.78, 5) is 27.6. The van der Waals surface area contributed by atoms with E-state index in [1.807, 2.05) is 6.92 Å². The third kappa shape index (κ3) is 3.77. The zero-order valence-corrected chi connectivity index (χ0v) is 17.9. The second-order valence-corrected chi connectivity index (χ2v) is 9.15. The maximum absolute atomic E-state index is 14.9. The smallest absolute Gasteiger partial charge is 0.314 e. The lowest BCUT2D eigenvalue weighted by Crippen LogP contribution is -2.59. The van der Waals surface area contributed by atoms with Crippen molar-refractivity contribution in [2.75, 3.05) is 13.2 Å². The number of aromatic nitrogens is 2. The molecule has 1 aliphatic carbocycles. The van der Waals surface area contributed by atoms with Gasteiger partial charge in [-0.3, -0.25) is 9.59 Å². The largest absolute Gasteiger partial charge is 0.415 e. The third-order valence-electron chi connectivity index (χ3n) is 6.73. The standard InChI is InChI=1S/C22H23F3N4O4/c1-22(9-32-10-22)21(31)26-15-4-2-3-5-16(15)29-8-13-12(20(29)30)6-11(7-14(13)23)18-27-28-19(33-18)17(24)25/h6-7,15-17H,2-5,8-10H2,1H3,(H,26,31)/t15-,16-/m1/s1. The lowest BCUT2D eigenvalue weighted by atomic mass is 9.84. The Bertz CT molecular complexity index is 1100. The van der Waals surface area contributed by atoms with Crippen LogP contribution in [0.1, 0.15) is 60.8 Å². The number of carbonyl (C=O) groups excluding carboxylic acids is 2. The van der Waals surface area contributed by atoms with Crippen molar-refractivity contribution in [3.05, 3.63) is 35.0 Å². The maximum atomic E-state index is 14.9. The predicted molar refractivity (Wildman–Crippen MR) is 108 cm³/mol. The normalized spacial score (nSPS) is 24.0. The van der Waals surface area contributed by atoms with Crippen LogP contribution < -0.4 is 5.32 Å². The quantitative estimate of drug-likeness (QED) is 0.730. The highest BCUT2D eigenvalue weighted by molar-refractivity contribution is 5.99. The molecule has 2 atom stereocenters. The van der Waals surface area contributed by atoms with Gasteiger partial charge in [-0.1, -0.05) is 12.8 Å². The van der Waals surface area contributed by atoms with E-state index in [1.54, 1.807) is 4.90 Å². The van der Waals surface area contributed by atoms with E-state index in [1.165, 1.54) is 6.07 Å². The summed E-state index contributed by atoms with van der Waals surface area (Å²) < 4.78 is 50.6. The van der Waals surface area contributed by atoms with Crippen LogP contribution in [-0.2, 0) is 16.1 Å². The fourth-order valence-electron chi connectivity index (χ4n) is 4.75. The van der Waals surface area contributed by atoms with Crippen molar-refractivity contribution in [2.24, 2.45) is 5.41 Å². The minimum Gasteiger partial charge on any atom is -0.415 e. The van der Waals surface area contributed by atoms with Crippen molar-refractivity contribution in [2.45, 2.75) is 57.7 Å². The molecule has 33 heavy (non-hydrogen) atoms. The number of benzene rings is 1. The summed E-state index contributed by atoms with van der Waals surface area (Å²) in [7, 11) is 0. The minimum absolute atomic E-state index is 0.0623. The first-order chi connectivity index (χ1) is 15.8. The summed E-state index contributed by atoms with van der Waals surface area (Å²) >= 11 is 0. The molecule has 0 bridgehead atoms. The molecule has 1 N–H and O–H groups in total. The Hall–Kier alpha value is -2.95. The van der Waals surface area contributed by atoms with E-state index in [2.05, 4.69) is 15.5 Å². The van der Waals surface area contributed by atoms with Crippen molar-refractivity contribution >= 4 is 11.8 Å². The average Bonchev–Trinajstić information content (AvgIpc) is 3.38. The lowest BCUT2D eigenvalue weighted by Gasteiger charge is -2.42. The molecule has 1 saturated heterocycles. The van der Waals surface area contributed by atoms with Gasteiger partial charge in [0.1, 0.15) is 5.82 Å². The number of carbonyl (C=O) groups is 2. The number of hydrogen-bond acceptors (Lipinski definition) is 6. The second-order valence-electron chi connectivity index (χ2n) is 9.15. The van der Waals surface area contributed by atoms with Gasteiger partial charge in [0.2, 0.25) is 11.8 Å². The number of fused-ring (bicyclic) bond motifs is 1. The molecule has 2 amide bonds. The topological polar surface area (TPSA) is 97.6 Å². The van der Waals surface area contributed by atoms with Crippen molar-refractivity contribution in [1.82, 2.24) is 20.4 Å². The first kappa shape index (κ1) is 21.9. The number of alkyl halides is 2. The Kier molecular flexibility index (Phi) is 5.38. The van der Waals surface area contributed by atoms with Crippen LogP contribution in [0.4, 0.5) is 13.2 Å². The highest BCUT2D eigenvalue weighted by Gasteiger charge is 2.45. The molecule has 1 aromatic carbocycles. The van der Waals surface area contributed by atoms with E-state index in [0.717, 1.165) is 25.3 Å². The van der Waals surface area contributed by atoms with Gasteiger partial charge in [-0.15, -0.1) is 10.2 Å². The monoisotopic (exact) mass is 464 g/mol. The first-order valence-corrected chi connectivity index (χ1v) is 10.9. The van der Waals surface area contributed by atoms with Gasteiger partial charge >= 0.3 is 6.43 Å². The summed E-state index contributed by atoms with van der Waals surface area (Å²) in [5, 5.41) is 9.89. The SMILES string of the molecule is CC1(C(=O)N[C@@H]2CCCC[C@H]2N2Cc3c(F)cc(-c4nnc(C(F)F)o4)cc3C2=O)COC1. The van der Waals surface area contributed by atoms with Crippen LogP contribution in [0.25, 0.3) is 11.5 Å². The van der Waals surface area contributed by atoms with E-state index in [-0.39, 0.29) is 53.0 Å². The zero-order valence-electron chi connectivity index (χ0n) is 17.9. The number of halogens is 3. The zero-order chi connectivity index (χ0) is 23.3. The van der Waals surface area contributed by atoms with Gasteiger partial charge in [0.15, 0.2) is 0 Å². The Morgan fingerprint density at radius 2 is 2.00 bits per heavy atom. The fraction of sp³-hybridized carbons (Fsp3) is 0.545. The summed E-state index contributed by atoms with van der Waals surface area (Å²) in [5.74, 6) is -2.27. The molecule has 5 rings (SSSR count). The van der Waals surface area contributed by atoms with Crippen LogP contribution in [0.3, 0.4) is 0 Å².